The highest BCUT2D eigenvalue weighted by Crippen LogP contribution is 2.34. The van der Waals surface area contributed by atoms with Crippen molar-refractivity contribution in [2.75, 3.05) is 0 Å². The molecule has 2 aromatic carbocycles. The summed E-state index contributed by atoms with van der Waals surface area (Å²) in [7, 11) is 0. The van der Waals surface area contributed by atoms with E-state index in [0.29, 0.717) is 5.89 Å². The summed E-state index contributed by atoms with van der Waals surface area (Å²) in [5, 5.41) is 0. The van der Waals surface area contributed by atoms with Gasteiger partial charge in [-0.2, -0.15) is 0 Å². The largest absolute Gasteiger partial charge is 0.440 e. The lowest BCUT2D eigenvalue weighted by molar-refractivity contribution is 0.561. The van der Waals surface area contributed by atoms with Crippen molar-refractivity contribution in [1.29, 1.82) is 0 Å². The van der Waals surface area contributed by atoms with Gasteiger partial charge in [-0.25, -0.2) is 9.97 Å². The normalized spacial score (nSPS) is 11.5. The lowest BCUT2D eigenvalue weighted by Gasteiger charge is -2.17. The molecular weight excluding hydrogens is 322 g/mol. The molecule has 4 rings (SSSR count). The first-order valence-electron chi connectivity index (χ1n) is 8.87. The van der Waals surface area contributed by atoms with Crippen molar-refractivity contribution in [3.63, 3.8) is 0 Å². The molecule has 0 amide bonds. The first-order chi connectivity index (χ1) is 12.4. The van der Waals surface area contributed by atoms with Gasteiger partial charge in [0, 0.05) is 12.6 Å². The third kappa shape index (κ3) is 2.45. The molecule has 0 fully saturated rings. The molecule has 0 N–H and O–H groups in total. The van der Waals surface area contributed by atoms with Crippen LogP contribution in [-0.4, -0.2) is 14.5 Å². The summed E-state index contributed by atoms with van der Waals surface area (Å²) in [6, 6.07) is 10.5. The fourth-order valence-corrected chi connectivity index (χ4v) is 3.83. The van der Waals surface area contributed by atoms with Crippen LogP contribution in [0.3, 0.4) is 0 Å². The number of benzene rings is 2. The highest BCUT2D eigenvalue weighted by molar-refractivity contribution is 5.89. The molecular formula is C22H23N3O. The van der Waals surface area contributed by atoms with Crippen LogP contribution in [-0.2, 0) is 0 Å². The van der Waals surface area contributed by atoms with Crippen molar-refractivity contribution in [2.45, 2.75) is 41.5 Å². The van der Waals surface area contributed by atoms with Crippen molar-refractivity contribution < 1.29 is 4.42 Å². The van der Waals surface area contributed by atoms with E-state index >= 15 is 0 Å². The van der Waals surface area contributed by atoms with Crippen molar-refractivity contribution in [2.24, 2.45) is 0 Å². The van der Waals surface area contributed by atoms with Crippen LogP contribution in [0.15, 0.2) is 34.7 Å². The Kier molecular flexibility index (Phi) is 3.72. The van der Waals surface area contributed by atoms with E-state index in [2.05, 4.69) is 62.4 Å². The average Bonchev–Trinajstić information content (AvgIpc) is 3.07. The maximum Gasteiger partial charge on any atom is 0.192 e. The molecule has 4 heteroatoms. The van der Waals surface area contributed by atoms with Crippen molar-refractivity contribution in [3.8, 4) is 17.1 Å². The number of hydrogen-bond acceptors (Lipinski definition) is 3. The number of rotatable bonds is 2. The molecule has 0 saturated heterocycles. The molecule has 0 bridgehead atoms. The van der Waals surface area contributed by atoms with E-state index in [-0.39, 0.29) is 0 Å². The summed E-state index contributed by atoms with van der Waals surface area (Å²) in [5.74, 6) is 1.57. The van der Waals surface area contributed by atoms with Crippen LogP contribution in [0.2, 0.25) is 0 Å². The zero-order chi connectivity index (χ0) is 18.6. The van der Waals surface area contributed by atoms with Crippen LogP contribution in [0, 0.1) is 41.5 Å². The van der Waals surface area contributed by atoms with Gasteiger partial charge in [0.25, 0.3) is 0 Å². The summed E-state index contributed by atoms with van der Waals surface area (Å²) in [5.41, 5.74) is 9.73. The van der Waals surface area contributed by atoms with Crippen molar-refractivity contribution in [1.82, 2.24) is 14.5 Å². The number of hydrogen-bond donors (Lipinski definition) is 0. The summed E-state index contributed by atoms with van der Waals surface area (Å²) in [6.45, 7) is 12.5. The molecule has 0 radical (unpaired) electrons. The smallest absolute Gasteiger partial charge is 0.192 e. The van der Waals surface area contributed by atoms with E-state index in [0.717, 1.165) is 33.9 Å². The highest BCUT2D eigenvalue weighted by Gasteiger charge is 2.21. The van der Waals surface area contributed by atoms with E-state index in [1.165, 1.54) is 22.4 Å². The van der Waals surface area contributed by atoms with Crippen molar-refractivity contribution in [3.05, 3.63) is 64.3 Å². The van der Waals surface area contributed by atoms with Gasteiger partial charge in [-0.05, 0) is 57.9 Å². The Hall–Kier alpha value is -2.88. The van der Waals surface area contributed by atoms with Gasteiger partial charge < -0.3 is 4.42 Å². The number of imidazole rings is 1. The summed E-state index contributed by atoms with van der Waals surface area (Å²) in [6.07, 6.45) is 0. The summed E-state index contributed by atoms with van der Waals surface area (Å²) >= 11 is 0. The van der Waals surface area contributed by atoms with Gasteiger partial charge in [-0.3, -0.25) is 4.57 Å². The minimum Gasteiger partial charge on any atom is -0.440 e. The second-order valence-electron chi connectivity index (χ2n) is 7.08. The van der Waals surface area contributed by atoms with Crippen LogP contribution < -0.4 is 0 Å². The Bertz CT molecular complexity index is 1120. The van der Waals surface area contributed by atoms with Gasteiger partial charge in [0.15, 0.2) is 11.5 Å². The summed E-state index contributed by atoms with van der Waals surface area (Å²) < 4.78 is 8.16. The van der Waals surface area contributed by atoms with Crippen LogP contribution in [0.25, 0.3) is 28.2 Å². The number of para-hydroxylation sites is 1. The fourth-order valence-electron chi connectivity index (χ4n) is 3.83. The number of nitrogens with zero attached hydrogens (tertiary/aromatic N) is 3. The molecule has 0 aliphatic carbocycles. The third-order valence-electron chi connectivity index (χ3n) is 4.97. The predicted molar refractivity (Wildman–Crippen MR) is 105 cm³/mol. The number of fused-ring (bicyclic) bond motifs is 1. The minimum absolute atomic E-state index is 0.668. The second kappa shape index (κ2) is 5.84. The first-order valence-corrected chi connectivity index (χ1v) is 8.87. The third-order valence-corrected chi connectivity index (χ3v) is 4.97. The molecule has 2 heterocycles. The van der Waals surface area contributed by atoms with Gasteiger partial charge in [-0.15, -0.1) is 0 Å². The Balaban J connectivity index is 2.08. The Morgan fingerprint density at radius 1 is 0.885 bits per heavy atom. The fraction of sp³-hybridized carbons (Fsp3) is 0.273. The van der Waals surface area contributed by atoms with Crippen molar-refractivity contribution >= 4 is 11.1 Å². The van der Waals surface area contributed by atoms with Gasteiger partial charge >= 0.3 is 0 Å². The zero-order valence-electron chi connectivity index (χ0n) is 16.1. The van der Waals surface area contributed by atoms with E-state index in [9.17, 15) is 0 Å². The zero-order valence-corrected chi connectivity index (χ0v) is 16.1. The molecule has 26 heavy (non-hydrogen) atoms. The number of aryl methyl sites for hydroxylation is 5. The predicted octanol–water partition coefficient (Wildman–Crippen LogP) is 5.53. The molecule has 4 nitrogen and oxygen atoms in total. The quantitative estimate of drug-likeness (QED) is 0.480. The maximum absolute atomic E-state index is 5.91. The highest BCUT2D eigenvalue weighted by atomic mass is 16.3. The molecule has 0 spiro atoms. The summed E-state index contributed by atoms with van der Waals surface area (Å²) in [4.78, 5) is 9.37. The Morgan fingerprint density at radius 3 is 2.27 bits per heavy atom. The van der Waals surface area contributed by atoms with Gasteiger partial charge in [0.1, 0.15) is 11.3 Å². The Morgan fingerprint density at radius 2 is 1.58 bits per heavy atom. The molecule has 132 valence electrons. The van der Waals surface area contributed by atoms with Gasteiger partial charge in [0.2, 0.25) is 0 Å². The molecule has 2 aromatic heterocycles. The van der Waals surface area contributed by atoms with E-state index in [1.807, 2.05) is 19.1 Å². The second-order valence-corrected chi connectivity index (χ2v) is 7.08. The maximum atomic E-state index is 5.91. The van der Waals surface area contributed by atoms with E-state index in [4.69, 9.17) is 9.40 Å². The molecule has 0 aliphatic heterocycles. The van der Waals surface area contributed by atoms with Crippen LogP contribution in [0.1, 0.15) is 34.0 Å². The number of oxazole rings is 1. The van der Waals surface area contributed by atoms with Crippen LogP contribution >= 0.6 is 0 Å². The topological polar surface area (TPSA) is 43.9 Å². The molecule has 0 saturated carbocycles. The first kappa shape index (κ1) is 16.6. The SMILES string of the molecule is Cc1cc(C)c(-n2c(-c3cccc4nc(C)oc34)nc(C)c2C)c(C)c1. The monoisotopic (exact) mass is 345 g/mol. The minimum atomic E-state index is 0.668. The molecule has 4 aromatic rings. The Labute approximate surface area is 153 Å². The molecule has 0 atom stereocenters. The van der Waals surface area contributed by atoms with Crippen LogP contribution in [0.4, 0.5) is 0 Å². The standard InChI is InChI=1S/C22H23N3O/c1-12-10-13(2)20(14(3)11-12)25-16(5)15(4)23-22(25)18-8-7-9-19-21(18)26-17(6)24-19/h7-11H,1-6H3. The van der Waals surface area contributed by atoms with Gasteiger partial charge in [0.05, 0.1) is 16.9 Å². The van der Waals surface area contributed by atoms with E-state index < -0.39 is 0 Å². The molecule has 0 aliphatic rings. The lowest BCUT2D eigenvalue weighted by atomic mass is 10.0. The van der Waals surface area contributed by atoms with E-state index in [1.54, 1.807) is 0 Å². The van der Waals surface area contributed by atoms with Gasteiger partial charge in [-0.1, -0.05) is 23.8 Å². The number of aromatic nitrogens is 3. The van der Waals surface area contributed by atoms with Crippen LogP contribution in [0.5, 0.6) is 0 Å². The molecule has 0 unspecified atom stereocenters. The average molecular weight is 345 g/mol. The lowest BCUT2D eigenvalue weighted by Crippen LogP contribution is -2.05.